The molecule has 0 aliphatic heterocycles. The number of thiazole rings is 1. The van der Waals surface area contributed by atoms with Crippen LogP contribution in [0.3, 0.4) is 0 Å². The molecule has 0 aliphatic rings. The Kier molecular flexibility index (Phi) is 2.92. The highest BCUT2D eigenvalue weighted by atomic mass is 32.1. The van der Waals surface area contributed by atoms with Gasteiger partial charge in [0.25, 0.3) is 0 Å². The minimum absolute atomic E-state index is 0.0675. The molecule has 0 fully saturated rings. The first-order valence-electron chi connectivity index (χ1n) is 2.73. The predicted molar refractivity (Wildman–Crippen MR) is 46.1 cm³/mol. The molecule has 0 spiro atoms. The molecule has 1 heterocycles. The van der Waals surface area contributed by atoms with Gasteiger partial charge in [-0.15, -0.1) is 11.3 Å². The molecule has 4 heteroatoms. The molecule has 1 N–H and O–H groups in total. The van der Waals surface area contributed by atoms with Crippen molar-refractivity contribution >= 4 is 30.0 Å². The maximum atomic E-state index is 8.65. The summed E-state index contributed by atoms with van der Waals surface area (Å²) in [5.41, 5.74) is 0. The monoisotopic (exact) mass is 173 g/mol. The first-order chi connectivity index (χ1) is 4.86. The number of nitrogens with zero attached hydrogens (tertiary/aromatic N) is 1. The van der Waals surface area contributed by atoms with Gasteiger partial charge in [0, 0.05) is 6.20 Å². The topological polar surface area (TPSA) is 33.1 Å². The average Bonchev–Trinajstić information content (AvgIpc) is 2.37. The minimum atomic E-state index is 0.0675. The van der Waals surface area contributed by atoms with Gasteiger partial charge in [0.05, 0.1) is 11.5 Å². The Hall–Kier alpha value is -0.320. The Morgan fingerprint density at radius 3 is 3.10 bits per heavy atom. The predicted octanol–water partition coefficient (Wildman–Crippen LogP) is 1.54. The van der Waals surface area contributed by atoms with Gasteiger partial charge in [-0.05, 0) is 11.5 Å². The largest absolute Gasteiger partial charge is 0.391 e. The van der Waals surface area contributed by atoms with E-state index in [2.05, 4.69) is 17.6 Å². The van der Waals surface area contributed by atoms with E-state index in [-0.39, 0.29) is 6.61 Å². The molecule has 0 radical (unpaired) electrons. The third kappa shape index (κ3) is 1.83. The summed E-state index contributed by atoms with van der Waals surface area (Å²) in [5.74, 6) is 0. The smallest absolute Gasteiger partial charge is 0.116 e. The van der Waals surface area contributed by atoms with Gasteiger partial charge in [0.2, 0.25) is 0 Å². The van der Waals surface area contributed by atoms with E-state index in [1.54, 1.807) is 17.7 Å². The van der Waals surface area contributed by atoms with Crippen LogP contribution in [0.4, 0.5) is 0 Å². The van der Waals surface area contributed by atoms with Crippen LogP contribution in [0.15, 0.2) is 11.6 Å². The van der Waals surface area contributed by atoms with E-state index in [1.807, 2.05) is 0 Å². The van der Waals surface area contributed by atoms with Crippen LogP contribution in [0, 0.1) is 0 Å². The van der Waals surface area contributed by atoms with Crippen molar-refractivity contribution < 1.29 is 5.11 Å². The van der Waals surface area contributed by atoms with Gasteiger partial charge >= 0.3 is 0 Å². The summed E-state index contributed by atoms with van der Waals surface area (Å²) in [5, 5.41) is 11.1. The van der Waals surface area contributed by atoms with Crippen molar-refractivity contribution in [3.05, 3.63) is 21.5 Å². The Bertz CT molecular complexity index is 231. The Morgan fingerprint density at radius 1 is 1.80 bits per heavy atom. The highest BCUT2D eigenvalue weighted by Gasteiger charge is 1.94. The summed E-state index contributed by atoms with van der Waals surface area (Å²) >= 11 is 5.35. The molecule has 0 atom stereocenters. The lowest BCUT2D eigenvalue weighted by Gasteiger charge is -1.79. The van der Waals surface area contributed by atoms with E-state index in [0.29, 0.717) is 0 Å². The van der Waals surface area contributed by atoms with Gasteiger partial charge in [0.1, 0.15) is 5.01 Å². The van der Waals surface area contributed by atoms with Gasteiger partial charge in [0.15, 0.2) is 0 Å². The molecule has 1 aromatic heterocycles. The lowest BCUT2D eigenvalue weighted by atomic mass is 10.6. The molecule has 1 rings (SSSR count). The molecule has 1 aromatic rings. The maximum Gasteiger partial charge on any atom is 0.116 e. The Labute approximate surface area is 68.6 Å². The van der Waals surface area contributed by atoms with E-state index in [1.165, 1.54) is 11.3 Å². The number of thiol groups is 1. The van der Waals surface area contributed by atoms with Crippen molar-refractivity contribution in [1.82, 2.24) is 4.98 Å². The number of hydrogen-bond donors (Lipinski definition) is 2. The number of rotatable bonds is 2. The van der Waals surface area contributed by atoms with E-state index in [0.717, 1.165) is 9.88 Å². The molecule has 54 valence electrons. The van der Waals surface area contributed by atoms with Gasteiger partial charge in [-0.1, -0.05) is 0 Å². The zero-order valence-corrected chi connectivity index (χ0v) is 6.90. The third-order valence-electron chi connectivity index (χ3n) is 0.944. The molecule has 0 saturated carbocycles. The zero-order chi connectivity index (χ0) is 7.40. The van der Waals surface area contributed by atoms with Gasteiger partial charge in [-0.3, -0.25) is 0 Å². The van der Waals surface area contributed by atoms with E-state index in [9.17, 15) is 0 Å². The fourth-order valence-corrected chi connectivity index (χ4v) is 1.46. The maximum absolute atomic E-state index is 8.65. The van der Waals surface area contributed by atoms with Crippen molar-refractivity contribution in [1.29, 1.82) is 0 Å². The molecule has 0 bridgehead atoms. The number of aliphatic hydroxyl groups is 1. The lowest BCUT2D eigenvalue weighted by Crippen LogP contribution is -1.70. The SMILES string of the molecule is OCc1cnc(/C=C\S)s1. The third-order valence-corrected chi connectivity index (χ3v) is 2.04. The fourth-order valence-electron chi connectivity index (χ4n) is 0.537. The summed E-state index contributed by atoms with van der Waals surface area (Å²) in [6.45, 7) is 0.0675. The van der Waals surface area contributed by atoms with Crippen LogP contribution in [0.5, 0.6) is 0 Å². The molecule has 10 heavy (non-hydrogen) atoms. The van der Waals surface area contributed by atoms with Crippen LogP contribution < -0.4 is 0 Å². The first kappa shape index (κ1) is 7.78. The van der Waals surface area contributed by atoms with Gasteiger partial charge in [-0.2, -0.15) is 12.6 Å². The average molecular weight is 173 g/mol. The summed E-state index contributed by atoms with van der Waals surface area (Å²) < 4.78 is 0. The summed E-state index contributed by atoms with van der Waals surface area (Å²) in [4.78, 5) is 4.88. The number of hydrogen-bond acceptors (Lipinski definition) is 4. The van der Waals surface area contributed by atoms with Crippen LogP contribution >= 0.6 is 24.0 Å². The molecule has 2 nitrogen and oxygen atoms in total. The van der Waals surface area contributed by atoms with Crippen molar-refractivity contribution in [2.75, 3.05) is 0 Å². The Balaban J connectivity index is 2.78. The number of aromatic nitrogens is 1. The Morgan fingerprint density at radius 2 is 2.60 bits per heavy atom. The van der Waals surface area contributed by atoms with Crippen LogP contribution in [-0.2, 0) is 6.61 Å². The summed E-state index contributed by atoms with van der Waals surface area (Å²) in [6.07, 6.45) is 3.45. The second-order valence-electron chi connectivity index (χ2n) is 1.64. The second kappa shape index (κ2) is 3.75. The molecular weight excluding hydrogens is 166 g/mol. The molecule has 0 saturated heterocycles. The van der Waals surface area contributed by atoms with E-state index < -0.39 is 0 Å². The first-order valence-corrected chi connectivity index (χ1v) is 4.06. The zero-order valence-electron chi connectivity index (χ0n) is 5.19. The van der Waals surface area contributed by atoms with Crippen molar-refractivity contribution in [2.45, 2.75) is 6.61 Å². The minimum Gasteiger partial charge on any atom is -0.391 e. The molecule has 0 unspecified atom stereocenters. The van der Waals surface area contributed by atoms with Gasteiger partial charge < -0.3 is 5.11 Å². The lowest BCUT2D eigenvalue weighted by molar-refractivity contribution is 0.285. The normalized spacial score (nSPS) is 11.0. The highest BCUT2D eigenvalue weighted by molar-refractivity contribution is 7.83. The van der Waals surface area contributed by atoms with Crippen LogP contribution in [0.1, 0.15) is 9.88 Å². The molecule has 0 aliphatic carbocycles. The van der Waals surface area contributed by atoms with E-state index in [4.69, 9.17) is 5.11 Å². The highest BCUT2D eigenvalue weighted by Crippen LogP contribution is 2.13. The van der Waals surface area contributed by atoms with Crippen LogP contribution in [-0.4, -0.2) is 10.1 Å². The fraction of sp³-hybridized carbons (Fsp3) is 0.167. The van der Waals surface area contributed by atoms with Crippen LogP contribution in [0.2, 0.25) is 0 Å². The van der Waals surface area contributed by atoms with Crippen molar-refractivity contribution in [2.24, 2.45) is 0 Å². The van der Waals surface area contributed by atoms with Crippen LogP contribution in [0.25, 0.3) is 6.08 Å². The second-order valence-corrected chi connectivity index (χ2v) is 3.08. The summed E-state index contributed by atoms with van der Waals surface area (Å²) in [6, 6.07) is 0. The van der Waals surface area contributed by atoms with Crippen molar-refractivity contribution in [3.63, 3.8) is 0 Å². The quantitative estimate of drug-likeness (QED) is 0.665. The molecule has 0 aromatic carbocycles. The van der Waals surface area contributed by atoms with Crippen molar-refractivity contribution in [3.8, 4) is 0 Å². The summed E-state index contributed by atoms with van der Waals surface area (Å²) in [7, 11) is 0. The molecular formula is C6H7NOS2. The van der Waals surface area contributed by atoms with E-state index >= 15 is 0 Å². The van der Waals surface area contributed by atoms with Gasteiger partial charge in [-0.25, -0.2) is 4.98 Å². The molecule has 0 amide bonds. The standard InChI is InChI=1S/C6H7NOS2/c8-4-5-3-7-6(10-5)1-2-9/h1-3,8-9H,4H2/b2-1-. The number of aliphatic hydroxyl groups excluding tert-OH is 1.